The van der Waals surface area contributed by atoms with Crippen molar-refractivity contribution in [2.24, 2.45) is 0 Å². The number of para-hydroxylation sites is 1. The van der Waals surface area contributed by atoms with Crippen molar-refractivity contribution in [3.8, 4) is 6.07 Å². The molecule has 3 N–H and O–H groups in total. The van der Waals surface area contributed by atoms with Gasteiger partial charge in [0, 0.05) is 17.8 Å². The molecule has 9 nitrogen and oxygen atoms in total. The number of rotatable bonds is 7. The van der Waals surface area contributed by atoms with Gasteiger partial charge in [0.05, 0.1) is 16.8 Å². The number of esters is 1. The van der Waals surface area contributed by atoms with Crippen molar-refractivity contribution in [3.05, 3.63) is 46.6 Å². The van der Waals surface area contributed by atoms with E-state index in [9.17, 15) is 19.6 Å². The van der Waals surface area contributed by atoms with Gasteiger partial charge < -0.3 is 25.3 Å². The fourth-order valence-corrected chi connectivity index (χ4v) is 4.27. The van der Waals surface area contributed by atoms with E-state index in [1.165, 1.54) is 6.07 Å². The smallest absolute Gasteiger partial charge is 0.340 e. The van der Waals surface area contributed by atoms with Crippen LogP contribution in [0.3, 0.4) is 0 Å². The van der Waals surface area contributed by atoms with Crippen LogP contribution in [-0.4, -0.2) is 35.1 Å². The Morgan fingerprint density at radius 3 is 2.47 bits per heavy atom. The second-order valence-electron chi connectivity index (χ2n) is 8.78. The molecule has 0 bridgehead atoms. The average Bonchev–Trinajstić information content (AvgIpc) is 3.38. The van der Waals surface area contributed by atoms with E-state index in [1.54, 1.807) is 18.2 Å². The van der Waals surface area contributed by atoms with Crippen LogP contribution in [0.15, 0.2) is 24.3 Å². The predicted molar refractivity (Wildman–Crippen MR) is 129 cm³/mol. The quantitative estimate of drug-likeness (QED) is 0.522. The lowest BCUT2D eigenvalue weighted by molar-refractivity contribution is -0.119. The molecule has 1 aliphatic carbocycles. The van der Waals surface area contributed by atoms with Crippen LogP contribution in [0.25, 0.3) is 0 Å². The fourth-order valence-electron chi connectivity index (χ4n) is 4.27. The Morgan fingerprint density at radius 1 is 1.15 bits per heavy atom. The van der Waals surface area contributed by atoms with Crippen LogP contribution in [0.4, 0.5) is 16.3 Å². The number of nitrogens with one attached hydrogen (secondary N) is 3. The summed E-state index contributed by atoms with van der Waals surface area (Å²) in [5, 5.41) is 17.8. The maximum atomic E-state index is 12.7. The molecule has 180 valence electrons. The largest absolute Gasteiger partial charge is 0.452 e. The number of nitriles is 1. The number of hydrogen-bond acceptors (Lipinski definition) is 5. The Balaban J connectivity index is 1.70. The molecule has 0 radical (unpaired) electrons. The monoisotopic (exact) mass is 465 g/mol. The lowest BCUT2D eigenvalue weighted by atomic mass is 10.2. The van der Waals surface area contributed by atoms with Gasteiger partial charge in [0.15, 0.2) is 6.61 Å². The highest BCUT2D eigenvalue weighted by atomic mass is 16.5. The Hall–Kier alpha value is -3.80. The van der Waals surface area contributed by atoms with Crippen molar-refractivity contribution in [2.75, 3.05) is 17.2 Å². The molecule has 0 atom stereocenters. The molecule has 1 aromatic carbocycles. The Labute approximate surface area is 199 Å². The van der Waals surface area contributed by atoms with E-state index in [0.29, 0.717) is 11.4 Å². The number of benzene rings is 1. The van der Waals surface area contributed by atoms with Crippen LogP contribution in [0, 0.1) is 25.2 Å². The van der Waals surface area contributed by atoms with Crippen LogP contribution in [0.2, 0.25) is 0 Å². The molecular weight excluding hydrogens is 434 g/mol. The Bertz CT molecular complexity index is 1120. The van der Waals surface area contributed by atoms with E-state index in [2.05, 4.69) is 22.0 Å². The second-order valence-corrected chi connectivity index (χ2v) is 8.78. The van der Waals surface area contributed by atoms with Gasteiger partial charge in [0.1, 0.15) is 11.9 Å². The summed E-state index contributed by atoms with van der Waals surface area (Å²) in [7, 11) is 0. The SMILES string of the molecule is Cc1c(C#N)c(NC(=O)COC(=O)c2ccccc2NC(=O)NC(C)C)n(C2CCCC2)c1C. The van der Waals surface area contributed by atoms with E-state index >= 15 is 0 Å². The van der Waals surface area contributed by atoms with Crippen molar-refractivity contribution in [3.63, 3.8) is 0 Å². The topological polar surface area (TPSA) is 125 Å². The number of nitrogens with zero attached hydrogens (tertiary/aromatic N) is 2. The molecule has 0 unspecified atom stereocenters. The molecule has 34 heavy (non-hydrogen) atoms. The molecule has 0 spiro atoms. The third kappa shape index (κ3) is 5.57. The molecule has 3 rings (SSSR count). The molecule has 2 aromatic rings. The number of carbonyl (C=O) groups excluding carboxylic acids is 3. The summed E-state index contributed by atoms with van der Waals surface area (Å²) >= 11 is 0. The van der Waals surface area contributed by atoms with Crippen molar-refractivity contribution >= 4 is 29.4 Å². The Kier molecular flexibility index (Phi) is 7.95. The van der Waals surface area contributed by atoms with Crippen LogP contribution in [0.1, 0.15) is 72.8 Å². The van der Waals surface area contributed by atoms with Gasteiger partial charge in [-0.1, -0.05) is 25.0 Å². The van der Waals surface area contributed by atoms with Gasteiger partial charge in [-0.3, -0.25) is 4.79 Å². The summed E-state index contributed by atoms with van der Waals surface area (Å²) in [6, 6.07) is 8.31. The number of amides is 3. The van der Waals surface area contributed by atoms with Gasteiger partial charge in [0.2, 0.25) is 0 Å². The van der Waals surface area contributed by atoms with Gasteiger partial charge in [-0.25, -0.2) is 9.59 Å². The third-order valence-electron chi connectivity index (χ3n) is 5.97. The first kappa shape index (κ1) is 24.8. The summed E-state index contributed by atoms with van der Waals surface area (Å²) < 4.78 is 7.26. The van der Waals surface area contributed by atoms with Crippen molar-refractivity contribution in [1.29, 1.82) is 5.26 Å². The maximum Gasteiger partial charge on any atom is 0.340 e. The van der Waals surface area contributed by atoms with Crippen molar-refractivity contribution < 1.29 is 19.1 Å². The minimum Gasteiger partial charge on any atom is -0.452 e. The first-order valence-electron chi connectivity index (χ1n) is 11.5. The highest BCUT2D eigenvalue weighted by Crippen LogP contribution is 2.37. The van der Waals surface area contributed by atoms with Crippen LogP contribution < -0.4 is 16.0 Å². The zero-order chi connectivity index (χ0) is 24.8. The van der Waals surface area contributed by atoms with E-state index in [1.807, 2.05) is 32.3 Å². The summed E-state index contributed by atoms with van der Waals surface area (Å²) in [5.74, 6) is -0.822. The molecule has 0 aliphatic heterocycles. The van der Waals surface area contributed by atoms with Crippen molar-refractivity contribution in [1.82, 2.24) is 9.88 Å². The van der Waals surface area contributed by atoms with E-state index in [4.69, 9.17) is 4.74 Å². The number of carbonyl (C=O) groups is 3. The van der Waals surface area contributed by atoms with Gasteiger partial charge in [-0.15, -0.1) is 0 Å². The highest BCUT2D eigenvalue weighted by molar-refractivity contribution is 6.02. The van der Waals surface area contributed by atoms with Crippen molar-refractivity contribution in [2.45, 2.75) is 65.5 Å². The van der Waals surface area contributed by atoms with Gasteiger partial charge in [0.25, 0.3) is 5.91 Å². The van der Waals surface area contributed by atoms with Crippen LogP contribution in [-0.2, 0) is 9.53 Å². The molecule has 0 saturated heterocycles. The maximum absolute atomic E-state index is 12.7. The predicted octanol–water partition coefficient (Wildman–Crippen LogP) is 4.42. The lowest BCUT2D eigenvalue weighted by Crippen LogP contribution is -2.34. The van der Waals surface area contributed by atoms with Gasteiger partial charge in [-0.2, -0.15) is 5.26 Å². The fraction of sp³-hybridized carbons (Fsp3) is 0.440. The zero-order valence-electron chi connectivity index (χ0n) is 20.0. The molecule has 1 saturated carbocycles. The molecule has 1 aliphatic rings. The summed E-state index contributed by atoms with van der Waals surface area (Å²) in [6.07, 6.45) is 4.20. The first-order valence-corrected chi connectivity index (χ1v) is 11.5. The number of urea groups is 1. The molecule has 1 fully saturated rings. The van der Waals surface area contributed by atoms with E-state index in [0.717, 1.165) is 36.9 Å². The highest BCUT2D eigenvalue weighted by Gasteiger charge is 2.27. The number of anilines is 2. The minimum absolute atomic E-state index is 0.0726. The van der Waals surface area contributed by atoms with E-state index in [-0.39, 0.29) is 23.3 Å². The standard InChI is InChI=1S/C25H31N5O4/c1-15(2)27-25(33)28-21-12-8-7-11-19(21)24(32)34-14-22(31)29-23-20(13-26)16(3)17(4)30(23)18-9-5-6-10-18/h7-8,11-12,15,18H,5-6,9-10,14H2,1-4H3,(H,29,31)(H2,27,28,33). The number of aromatic nitrogens is 1. The van der Waals surface area contributed by atoms with E-state index < -0.39 is 24.5 Å². The van der Waals surface area contributed by atoms with Gasteiger partial charge >= 0.3 is 12.0 Å². The lowest BCUT2D eigenvalue weighted by Gasteiger charge is -2.19. The number of hydrogen-bond donors (Lipinski definition) is 3. The normalized spacial score (nSPS) is 13.4. The summed E-state index contributed by atoms with van der Waals surface area (Å²) in [5.41, 5.74) is 2.62. The molecule has 1 aromatic heterocycles. The molecular formula is C25H31N5O4. The minimum atomic E-state index is -0.741. The number of ether oxygens (including phenoxy) is 1. The summed E-state index contributed by atoms with van der Waals surface area (Å²) in [6.45, 7) is 6.94. The average molecular weight is 466 g/mol. The summed E-state index contributed by atoms with van der Waals surface area (Å²) in [4.78, 5) is 37.4. The molecule has 9 heteroatoms. The third-order valence-corrected chi connectivity index (χ3v) is 5.97. The zero-order valence-corrected chi connectivity index (χ0v) is 20.0. The van der Waals surface area contributed by atoms with Crippen LogP contribution >= 0.6 is 0 Å². The molecule has 3 amide bonds. The van der Waals surface area contributed by atoms with Gasteiger partial charge in [-0.05, 0) is 58.2 Å². The second kappa shape index (κ2) is 10.9. The van der Waals surface area contributed by atoms with Crippen LogP contribution in [0.5, 0.6) is 0 Å². The first-order chi connectivity index (χ1) is 16.2. The Morgan fingerprint density at radius 2 is 1.82 bits per heavy atom. The molecule has 1 heterocycles.